The molecule has 3 aromatic rings. The zero-order chi connectivity index (χ0) is 18.0. The molecule has 128 valence electrons. The van der Waals surface area contributed by atoms with Crippen LogP contribution >= 0.6 is 11.6 Å². The Balaban J connectivity index is 1.93. The lowest BCUT2D eigenvalue weighted by atomic mass is 10.1. The molecule has 25 heavy (non-hydrogen) atoms. The minimum atomic E-state index is -0.336. The highest BCUT2D eigenvalue weighted by molar-refractivity contribution is 6.31. The number of fused-ring (bicyclic) bond motifs is 1. The van der Waals surface area contributed by atoms with E-state index in [9.17, 15) is 9.59 Å². The Kier molecular flexibility index (Phi) is 4.76. The SMILES string of the molecule is COc1ccc(Cl)cc1NC(=O)Cn1c(=O)cc(C)c2ccccc21. The number of nitrogens with zero attached hydrogens (tertiary/aromatic N) is 1. The molecule has 1 amide bonds. The number of carbonyl (C=O) groups excluding carboxylic acids is 1. The molecule has 0 unspecified atom stereocenters. The van der Waals surface area contributed by atoms with Crippen LogP contribution in [0.4, 0.5) is 5.69 Å². The lowest BCUT2D eigenvalue weighted by Crippen LogP contribution is -2.28. The first-order valence-electron chi connectivity index (χ1n) is 7.72. The third kappa shape index (κ3) is 3.51. The van der Waals surface area contributed by atoms with Gasteiger partial charge in [0.25, 0.3) is 5.56 Å². The Morgan fingerprint density at radius 1 is 1.20 bits per heavy atom. The summed E-state index contributed by atoms with van der Waals surface area (Å²) in [7, 11) is 1.51. The molecule has 0 bridgehead atoms. The number of benzene rings is 2. The van der Waals surface area contributed by atoms with Crippen LogP contribution in [0.25, 0.3) is 10.9 Å². The van der Waals surface area contributed by atoms with Crippen molar-refractivity contribution in [3.63, 3.8) is 0 Å². The van der Waals surface area contributed by atoms with Crippen LogP contribution in [0.2, 0.25) is 5.02 Å². The van der Waals surface area contributed by atoms with E-state index in [1.165, 1.54) is 17.7 Å². The van der Waals surface area contributed by atoms with E-state index in [1.807, 2.05) is 31.2 Å². The van der Waals surface area contributed by atoms with E-state index < -0.39 is 0 Å². The first-order chi connectivity index (χ1) is 12.0. The molecule has 0 saturated heterocycles. The fraction of sp³-hybridized carbons (Fsp3) is 0.158. The summed E-state index contributed by atoms with van der Waals surface area (Å²) in [5.74, 6) is 0.163. The number of hydrogen-bond acceptors (Lipinski definition) is 3. The summed E-state index contributed by atoms with van der Waals surface area (Å²) < 4.78 is 6.67. The largest absolute Gasteiger partial charge is 0.495 e. The summed E-state index contributed by atoms with van der Waals surface area (Å²) in [5.41, 5.74) is 1.85. The van der Waals surface area contributed by atoms with E-state index in [0.717, 1.165) is 16.5 Å². The minimum absolute atomic E-state index is 0.102. The van der Waals surface area contributed by atoms with Crippen LogP contribution in [0, 0.1) is 6.92 Å². The molecule has 1 N–H and O–H groups in total. The number of amides is 1. The quantitative estimate of drug-likeness (QED) is 0.776. The summed E-state index contributed by atoms with van der Waals surface area (Å²) in [6.45, 7) is 1.78. The maximum atomic E-state index is 12.5. The zero-order valence-electron chi connectivity index (χ0n) is 13.9. The van der Waals surface area contributed by atoms with Crippen molar-refractivity contribution in [3.05, 3.63) is 69.5 Å². The van der Waals surface area contributed by atoms with E-state index in [2.05, 4.69) is 5.32 Å². The molecule has 0 radical (unpaired) electrons. The number of pyridine rings is 1. The van der Waals surface area contributed by atoms with Gasteiger partial charge in [0, 0.05) is 16.5 Å². The lowest BCUT2D eigenvalue weighted by Gasteiger charge is -2.13. The van der Waals surface area contributed by atoms with Gasteiger partial charge in [-0.2, -0.15) is 0 Å². The maximum absolute atomic E-state index is 12.5. The van der Waals surface area contributed by atoms with Crippen molar-refractivity contribution >= 4 is 34.1 Å². The molecule has 0 atom stereocenters. The fourth-order valence-corrected chi connectivity index (χ4v) is 2.95. The number of rotatable bonds is 4. The number of aromatic nitrogens is 1. The van der Waals surface area contributed by atoms with E-state index in [4.69, 9.17) is 16.3 Å². The Morgan fingerprint density at radius 2 is 1.96 bits per heavy atom. The van der Waals surface area contributed by atoms with Gasteiger partial charge in [-0.3, -0.25) is 14.2 Å². The van der Waals surface area contributed by atoms with Gasteiger partial charge in [-0.05, 0) is 36.8 Å². The Labute approximate surface area is 149 Å². The highest BCUT2D eigenvalue weighted by atomic mass is 35.5. The second-order valence-electron chi connectivity index (χ2n) is 5.66. The molecule has 6 heteroatoms. The molecule has 3 rings (SSSR count). The third-order valence-electron chi connectivity index (χ3n) is 3.96. The summed E-state index contributed by atoms with van der Waals surface area (Å²) in [4.78, 5) is 24.8. The van der Waals surface area contributed by atoms with Crippen LogP contribution in [0.3, 0.4) is 0 Å². The molecular formula is C19H17ClN2O3. The number of carbonyl (C=O) groups is 1. The monoisotopic (exact) mass is 356 g/mol. The van der Waals surface area contributed by atoms with Crippen molar-refractivity contribution in [2.75, 3.05) is 12.4 Å². The van der Waals surface area contributed by atoms with Gasteiger partial charge in [0.2, 0.25) is 5.91 Å². The minimum Gasteiger partial charge on any atom is -0.495 e. The van der Waals surface area contributed by atoms with Crippen molar-refractivity contribution in [1.82, 2.24) is 4.57 Å². The summed E-state index contributed by atoms with van der Waals surface area (Å²) in [5, 5.41) is 4.17. The summed E-state index contributed by atoms with van der Waals surface area (Å²) >= 11 is 5.98. The fourth-order valence-electron chi connectivity index (χ4n) is 2.78. The predicted octanol–water partition coefficient (Wildman–Crippen LogP) is 3.61. The van der Waals surface area contributed by atoms with Crippen LogP contribution in [0.1, 0.15) is 5.56 Å². The molecular weight excluding hydrogens is 340 g/mol. The first-order valence-corrected chi connectivity index (χ1v) is 8.10. The Hall–Kier alpha value is -2.79. The van der Waals surface area contributed by atoms with Crippen molar-refractivity contribution in [2.24, 2.45) is 0 Å². The number of anilines is 1. The number of hydrogen-bond donors (Lipinski definition) is 1. The number of methoxy groups -OCH3 is 1. The van der Waals surface area contributed by atoms with Gasteiger partial charge in [0.15, 0.2) is 0 Å². The normalized spacial score (nSPS) is 10.7. The van der Waals surface area contributed by atoms with Crippen molar-refractivity contribution in [3.8, 4) is 5.75 Å². The average molecular weight is 357 g/mol. The second-order valence-corrected chi connectivity index (χ2v) is 6.10. The number of halogens is 1. The molecule has 5 nitrogen and oxygen atoms in total. The smallest absolute Gasteiger partial charge is 0.251 e. The van der Waals surface area contributed by atoms with Crippen LogP contribution < -0.4 is 15.6 Å². The van der Waals surface area contributed by atoms with Crippen LogP contribution in [-0.4, -0.2) is 17.6 Å². The molecule has 0 fully saturated rings. The van der Waals surface area contributed by atoms with Gasteiger partial charge in [-0.1, -0.05) is 29.8 Å². The van der Waals surface area contributed by atoms with Gasteiger partial charge in [0.05, 0.1) is 18.3 Å². The molecule has 2 aromatic carbocycles. The van der Waals surface area contributed by atoms with Crippen molar-refractivity contribution < 1.29 is 9.53 Å². The number of aryl methyl sites for hydroxylation is 1. The van der Waals surface area contributed by atoms with Gasteiger partial charge < -0.3 is 10.1 Å². The number of ether oxygens (including phenoxy) is 1. The zero-order valence-corrected chi connectivity index (χ0v) is 14.6. The highest BCUT2D eigenvalue weighted by Crippen LogP contribution is 2.27. The van der Waals surface area contributed by atoms with E-state index in [-0.39, 0.29) is 18.0 Å². The highest BCUT2D eigenvalue weighted by Gasteiger charge is 2.12. The average Bonchev–Trinajstić information content (AvgIpc) is 2.59. The number of nitrogens with one attached hydrogen (secondary N) is 1. The van der Waals surface area contributed by atoms with Gasteiger partial charge in [-0.25, -0.2) is 0 Å². The second kappa shape index (κ2) is 6.99. The van der Waals surface area contributed by atoms with Crippen LogP contribution in [0.15, 0.2) is 53.3 Å². The first kappa shape index (κ1) is 17.0. The Bertz CT molecular complexity index is 1010. The van der Waals surface area contributed by atoms with Crippen molar-refractivity contribution in [1.29, 1.82) is 0 Å². The van der Waals surface area contributed by atoms with Gasteiger partial charge in [-0.15, -0.1) is 0 Å². The summed E-state index contributed by atoms with van der Waals surface area (Å²) in [6.07, 6.45) is 0. The lowest BCUT2D eigenvalue weighted by molar-refractivity contribution is -0.116. The van der Waals surface area contributed by atoms with Crippen LogP contribution in [-0.2, 0) is 11.3 Å². The molecule has 1 heterocycles. The Morgan fingerprint density at radius 3 is 2.72 bits per heavy atom. The molecule has 0 aliphatic heterocycles. The predicted molar refractivity (Wildman–Crippen MR) is 99.6 cm³/mol. The van der Waals surface area contributed by atoms with E-state index >= 15 is 0 Å². The standard InChI is InChI=1S/C19H17ClN2O3/c1-12-9-19(24)22(16-6-4-3-5-14(12)16)11-18(23)21-15-10-13(20)7-8-17(15)25-2/h3-10H,11H2,1-2H3,(H,21,23). The molecule has 0 spiro atoms. The van der Waals surface area contributed by atoms with Crippen molar-refractivity contribution in [2.45, 2.75) is 13.5 Å². The molecule has 0 aliphatic rings. The number of para-hydroxylation sites is 1. The van der Waals surface area contributed by atoms with Gasteiger partial charge in [0.1, 0.15) is 12.3 Å². The van der Waals surface area contributed by atoms with E-state index in [1.54, 1.807) is 18.2 Å². The summed E-state index contributed by atoms with van der Waals surface area (Å²) in [6, 6.07) is 14.0. The molecule has 0 saturated carbocycles. The maximum Gasteiger partial charge on any atom is 0.251 e. The molecule has 0 aliphatic carbocycles. The molecule has 1 aromatic heterocycles. The topological polar surface area (TPSA) is 60.3 Å². The van der Waals surface area contributed by atoms with Crippen LogP contribution in [0.5, 0.6) is 5.75 Å². The third-order valence-corrected chi connectivity index (χ3v) is 4.20. The van der Waals surface area contributed by atoms with E-state index in [0.29, 0.717) is 16.5 Å². The van der Waals surface area contributed by atoms with Gasteiger partial charge >= 0.3 is 0 Å².